The first-order valence-corrected chi connectivity index (χ1v) is 4.91. The topological polar surface area (TPSA) is 55.4 Å². The van der Waals surface area contributed by atoms with Crippen LogP contribution in [0.15, 0.2) is 12.7 Å². The second-order valence-corrected chi connectivity index (χ2v) is 4.34. The lowest BCUT2D eigenvalue weighted by Gasteiger charge is -2.26. The number of alkyl carbamates (subject to hydrolysis) is 1. The number of carbonyl (C=O) groups excluding carboxylic acids is 2. The minimum Gasteiger partial charge on any atom is -0.449 e. The third kappa shape index (κ3) is 5.88. The third-order valence-corrected chi connectivity index (χ3v) is 1.90. The van der Waals surface area contributed by atoms with Crippen LogP contribution in [0, 0.1) is 5.41 Å². The molecule has 0 spiro atoms. The molecule has 1 atom stereocenters. The molecule has 0 radical (unpaired) electrons. The summed E-state index contributed by atoms with van der Waals surface area (Å²) in [5, 5.41) is 2.50. The van der Waals surface area contributed by atoms with Gasteiger partial charge in [-0.3, -0.25) is 0 Å². The van der Waals surface area contributed by atoms with E-state index in [2.05, 4.69) is 11.9 Å². The van der Waals surface area contributed by atoms with Crippen LogP contribution in [0.1, 0.15) is 27.2 Å². The summed E-state index contributed by atoms with van der Waals surface area (Å²) in [6, 6.07) is -0.534. The summed E-state index contributed by atoms with van der Waals surface area (Å²) >= 11 is 0. The van der Waals surface area contributed by atoms with E-state index in [0.29, 0.717) is 6.42 Å². The molecule has 0 aromatic carbocycles. The Labute approximate surface area is 90.7 Å². The molecule has 0 unspecified atom stereocenters. The zero-order chi connectivity index (χ0) is 11.9. The minimum absolute atomic E-state index is 0.283. The van der Waals surface area contributed by atoms with Crippen LogP contribution < -0.4 is 5.32 Å². The summed E-state index contributed by atoms with van der Waals surface area (Å²) in [6.45, 7) is 9.40. The largest absolute Gasteiger partial charge is 0.449 e. The molecule has 0 heterocycles. The van der Waals surface area contributed by atoms with E-state index in [4.69, 9.17) is 4.74 Å². The summed E-state index contributed by atoms with van der Waals surface area (Å²) in [5.41, 5.74) is -0.306. The molecule has 0 rings (SSSR count). The van der Waals surface area contributed by atoms with Gasteiger partial charge in [0.05, 0.1) is 12.6 Å². The van der Waals surface area contributed by atoms with Gasteiger partial charge in [0.15, 0.2) is 0 Å². The van der Waals surface area contributed by atoms with Crippen molar-refractivity contribution in [2.75, 3.05) is 6.61 Å². The van der Waals surface area contributed by atoms with Gasteiger partial charge in [-0.25, -0.2) is 4.79 Å². The Hall–Kier alpha value is -1.32. The highest BCUT2D eigenvalue weighted by molar-refractivity contribution is 5.73. The molecule has 0 saturated heterocycles. The van der Waals surface area contributed by atoms with Crippen LogP contribution in [0.2, 0.25) is 0 Å². The molecular weight excluding hydrogens is 194 g/mol. The number of carbonyl (C=O) groups is 2. The van der Waals surface area contributed by atoms with Crippen molar-refractivity contribution in [1.82, 2.24) is 5.32 Å². The first-order valence-electron chi connectivity index (χ1n) is 4.91. The zero-order valence-electron chi connectivity index (χ0n) is 9.58. The Bertz CT molecular complexity index is 230. The number of hydrogen-bond acceptors (Lipinski definition) is 3. The van der Waals surface area contributed by atoms with E-state index in [1.165, 1.54) is 0 Å². The molecule has 86 valence electrons. The zero-order valence-corrected chi connectivity index (χ0v) is 9.58. The molecule has 1 amide bonds. The fourth-order valence-corrected chi connectivity index (χ4v) is 0.858. The van der Waals surface area contributed by atoms with E-state index in [-0.39, 0.29) is 12.0 Å². The molecule has 0 fully saturated rings. The van der Waals surface area contributed by atoms with Crippen molar-refractivity contribution >= 4 is 12.4 Å². The molecule has 1 N–H and O–H groups in total. The molecule has 0 aliphatic heterocycles. The highest BCUT2D eigenvalue weighted by atomic mass is 16.5. The van der Waals surface area contributed by atoms with Gasteiger partial charge in [0.1, 0.15) is 6.29 Å². The highest BCUT2D eigenvalue weighted by Gasteiger charge is 2.25. The second-order valence-electron chi connectivity index (χ2n) is 4.34. The summed E-state index contributed by atoms with van der Waals surface area (Å²) < 4.78 is 4.83. The molecule has 0 aliphatic carbocycles. The number of amides is 1. The van der Waals surface area contributed by atoms with Crippen LogP contribution in [-0.2, 0) is 9.53 Å². The lowest BCUT2D eigenvalue weighted by molar-refractivity contribution is -0.111. The molecule has 4 heteroatoms. The van der Waals surface area contributed by atoms with Gasteiger partial charge in [-0.05, 0) is 11.8 Å². The summed E-state index contributed by atoms with van der Waals surface area (Å²) in [7, 11) is 0. The lowest BCUT2D eigenvalue weighted by Crippen LogP contribution is -2.45. The van der Waals surface area contributed by atoms with Crippen LogP contribution in [0.25, 0.3) is 0 Å². The van der Waals surface area contributed by atoms with Crippen molar-refractivity contribution in [2.24, 2.45) is 5.41 Å². The number of aldehydes is 1. The van der Waals surface area contributed by atoms with E-state index in [1.807, 2.05) is 20.8 Å². The lowest BCUT2D eigenvalue weighted by atomic mass is 9.88. The Morgan fingerprint density at radius 1 is 1.53 bits per heavy atom. The van der Waals surface area contributed by atoms with Gasteiger partial charge in [-0.1, -0.05) is 26.8 Å². The molecule has 0 aromatic rings. The molecule has 0 bridgehead atoms. The van der Waals surface area contributed by atoms with E-state index in [9.17, 15) is 9.59 Å². The van der Waals surface area contributed by atoms with Gasteiger partial charge in [0.25, 0.3) is 0 Å². The van der Waals surface area contributed by atoms with Crippen molar-refractivity contribution in [3.05, 3.63) is 12.7 Å². The summed E-state index contributed by atoms with van der Waals surface area (Å²) in [5.74, 6) is 0. The van der Waals surface area contributed by atoms with Gasteiger partial charge in [0, 0.05) is 0 Å². The number of ether oxygens (including phenoxy) is 1. The van der Waals surface area contributed by atoms with Crippen molar-refractivity contribution in [2.45, 2.75) is 33.2 Å². The van der Waals surface area contributed by atoms with Gasteiger partial charge in [-0.2, -0.15) is 0 Å². The quantitative estimate of drug-likeness (QED) is 0.431. The van der Waals surface area contributed by atoms with Gasteiger partial charge in [-0.15, -0.1) is 6.58 Å². The third-order valence-electron chi connectivity index (χ3n) is 1.90. The number of hydrogen-bond donors (Lipinski definition) is 1. The van der Waals surface area contributed by atoms with E-state index >= 15 is 0 Å². The number of rotatable bonds is 5. The first kappa shape index (κ1) is 13.7. The summed E-state index contributed by atoms with van der Waals surface area (Å²) in [4.78, 5) is 21.9. The van der Waals surface area contributed by atoms with Gasteiger partial charge < -0.3 is 14.8 Å². The first-order chi connectivity index (χ1) is 6.91. The van der Waals surface area contributed by atoms with Crippen LogP contribution in [0.5, 0.6) is 0 Å². The fraction of sp³-hybridized carbons (Fsp3) is 0.636. The molecule has 0 aromatic heterocycles. The van der Waals surface area contributed by atoms with E-state index in [1.54, 1.807) is 6.08 Å². The second kappa shape index (κ2) is 6.22. The van der Waals surface area contributed by atoms with E-state index < -0.39 is 12.1 Å². The molecule has 0 saturated carbocycles. The molecular formula is C11H19NO3. The highest BCUT2D eigenvalue weighted by Crippen LogP contribution is 2.17. The predicted octanol–water partition coefficient (Wildman–Crippen LogP) is 1.90. The standard InChI is InChI=1S/C11H19NO3/c1-5-6-7-15-10(14)12-9(8-13)11(2,3)4/h5,8-9H,1,6-7H2,2-4H3,(H,12,14)/t9-/m1/s1. The average molecular weight is 213 g/mol. The Balaban J connectivity index is 4.02. The van der Waals surface area contributed by atoms with Crippen LogP contribution in [0.4, 0.5) is 4.79 Å². The van der Waals surface area contributed by atoms with E-state index in [0.717, 1.165) is 6.29 Å². The summed E-state index contributed by atoms with van der Waals surface area (Å²) in [6.07, 6.45) is 2.42. The Kier molecular flexibility index (Phi) is 5.67. The maximum Gasteiger partial charge on any atom is 0.407 e. The molecule has 15 heavy (non-hydrogen) atoms. The van der Waals surface area contributed by atoms with Crippen molar-refractivity contribution in [1.29, 1.82) is 0 Å². The monoisotopic (exact) mass is 213 g/mol. The fourth-order valence-electron chi connectivity index (χ4n) is 0.858. The van der Waals surface area contributed by atoms with Crippen LogP contribution in [0.3, 0.4) is 0 Å². The van der Waals surface area contributed by atoms with Crippen LogP contribution in [-0.4, -0.2) is 25.0 Å². The molecule has 0 aliphatic rings. The number of nitrogens with one attached hydrogen (secondary N) is 1. The minimum atomic E-state index is -0.566. The average Bonchev–Trinajstić information content (AvgIpc) is 2.12. The van der Waals surface area contributed by atoms with Crippen molar-refractivity contribution < 1.29 is 14.3 Å². The molecule has 4 nitrogen and oxygen atoms in total. The maximum absolute atomic E-state index is 11.2. The smallest absolute Gasteiger partial charge is 0.407 e. The predicted molar refractivity (Wildman–Crippen MR) is 58.6 cm³/mol. The Morgan fingerprint density at radius 3 is 2.53 bits per heavy atom. The van der Waals surface area contributed by atoms with Gasteiger partial charge in [0.2, 0.25) is 0 Å². The SMILES string of the molecule is C=CCCOC(=O)N[C@H](C=O)C(C)(C)C. The van der Waals surface area contributed by atoms with Crippen molar-refractivity contribution in [3.8, 4) is 0 Å². The normalized spacial score (nSPS) is 12.7. The van der Waals surface area contributed by atoms with Gasteiger partial charge >= 0.3 is 6.09 Å². The Morgan fingerprint density at radius 2 is 2.13 bits per heavy atom. The van der Waals surface area contributed by atoms with Crippen LogP contribution >= 0.6 is 0 Å². The maximum atomic E-state index is 11.2. The van der Waals surface area contributed by atoms with Crippen molar-refractivity contribution in [3.63, 3.8) is 0 Å².